The van der Waals surface area contributed by atoms with Gasteiger partial charge in [-0.1, -0.05) is 23.7 Å². The van der Waals surface area contributed by atoms with Crippen molar-refractivity contribution in [2.45, 2.75) is 25.7 Å². The van der Waals surface area contributed by atoms with Gasteiger partial charge in [-0.25, -0.2) is 8.42 Å². The number of ether oxygens (including phenoxy) is 1. The van der Waals surface area contributed by atoms with Crippen LogP contribution in [-0.4, -0.2) is 27.5 Å². The molecule has 0 fully saturated rings. The van der Waals surface area contributed by atoms with E-state index < -0.39 is 15.4 Å². The van der Waals surface area contributed by atoms with Crippen molar-refractivity contribution in [1.29, 1.82) is 0 Å². The lowest BCUT2D eigenvalue weighted by atomic mass is 9.93. The van der Waals surface area contributed by atoms with Crippen LogP contribution in [-0.2, 0) is 14.8 Å². The Morgan fingerprint density at radius 1 is 1.28 bits per heavy atom. The first-order chi connectivity index (χ1) is 13.5. The Bertz CT molecular complexity index is 1080. The Hall–Kier alpha value is -2.51. The Morgan fingerprint density at radius 2 is 2.00 bits per heavy atom. The molecule has 0 aliphatic carbocycles. The second kappa shape index (κ2) is 7.72. The zero-order valence-electron chi connectivity index (χ0n) is 16.5. The molecule has 0 aromatic heterocycles. The standard InChI is InChI=1S/C21H23ClN2O4S/c1-5-10-24-17-12-16(8-9-18(17)28-13-21(3,4)20(24)25)23-29(26,27)19-11-15(22)7-6-14(19)2/h5-9,11-12,23H,1,10,13H2,2-4H3. The summed E-state index contributed by atoms with van der Waals surface area (Å²) >= 11 is 5.97. The fraction of sp³-hybridized carbons (Fsp3) is 0.286. The number of rotatable bonds is 5. The molecule has 154 valence electrons. The lowest BCUT2D eigenvalue weighted by Gasteiger charge is -2.27. The number of fused-ring (bicyclic) bond motifs is 1. The Morgan fingerprint density at radius 3 is 2.69 bits per heavy atom. The average Bonchev–Trinajstić information content (AvgIpc) is 2.74. The average molecular weight is 435 g/mol. The molecule has 8 heteroatoms. The van der Waals surface area contributed by atoms with E-state index in [1.54, 1.807) is 48.2 Å². The number of carbonyl (C=O) groups excluding carboxylic acids is 1. The van der Waals surface area contributed by atoms with E-state index in [0.29, 0.717) is 27.7 Å². The summed E-state index contributed by atoms with van der Waals surface area (Å²) in [5, 5.41) is 0.330. The highest BCUT2D eigenvalue weighted by molar-refractivity contribution is 7.92. The highest BCUT2D eigenvalue weighted by Crippen LogP contribution is 2.38. The SMILES string of the molecule is C=CCN1C(=O)C(C)(C)COc2ccc(NS(=O)(=O)c3cc(Cl)ccc3C)cc21. The largest absolute Gasteiger partial charge is 0.490 e. The van der Waals surface area contributed by atoms with Crippen LogP contribution < -0.4 is 14.4 Å². The van der Waals surface area contributed by atoms with Gasteiger partial charge in [-0.15, -0.1) is 6.58 Å². The molecule has 1 amide bonds. The summed E-state index contributed by atoms with van der Waals surface area (Å²) < 4.78 is 34.2. The van der Waals surface area contributed by atoms with Gasteiger partial charge >= 0.3 is 0 Å². The van der Waals surface area contributed by atoms with Crippen molar-refractivity contribution in [1.82, 2.24) is 0 Å². The van der Waals surface area contributed by atoms with Crippen LogP contribution >= 0.6 is 11.6 Å². The van der Waals surface area contributed by atoms with Gasteiger partial charge in [0.1, 0.15) is 12.4 Å². The monoisotopic (exact) mass is 434 g/mol. The number of hydrogen-bond acceptors (Lipinski definition) is 4. The molecule has 6 nitrogen and oxygen atoms in total. The molecule has 0 radical (unpaired) electrons. The molecule has 3 rings (SSSR count). The van der Waals surface area contributed by atoms with Gasteiger partial charge in [0.25, 0.3) is 10.0 Å². The number of nitrogens with zero attached hydrogens (tertiary/aromatic N) is 1. The maximum atomic E-state index is 13.0. The molecular formula is C21H23ClN2O4S. The minimum atomic E-state index is -3.87. The number of sulfonamides is 1. The summed E-state index contributed by atoms with van der Waals surface area (Å²) in [5.74, 6) is 0.384. The van der Waals surface area contributed by atoms with Crippen molar-refractivity contribution in [2.24, 2.45) is 5.41 Å². The summed E-state index contributed by atoms with van der Waals surface area (Å²) in [6, 6.07) is 9.54. The molecule has 1 aliphatic heterocycles. The predicted molar refractivity (Wildman–Crippen MR) is 115 cm³/mol. The normalized spacial score (nSPS) is 15.9. The molecule has 0 spiro atoms. The van der Waals surface area contributed by atoms with Gasteiger partial charge < -0.3 is 9.64 Å². The molecular weight excluding hydrogens is 412 g/mol. The molecule has 1 N–H and O–H groups in total. The van der Waals surface area contributed by atoms with E-state index in [4.69, 9.17) is 16.3 Å². The number of halogens is 1. The summed E-state index contributed by atoms with van der Waals surface area (Å²) in [6.45, 7) is 9.54. The van der Waals surface area contributed by atoms with E-state index >= 15 is 0 Å². The fourth-order valence-electron chi connectivity index (χ4n) is 3.09. The smallest absolute Gasteiger partial charge is 0.262 e. The van der Waals surface area contributed by atoms with Crippen LogP contribution in [0.25, 0.3) is 0 Å². The van der Waals surface area contributed by atoms with Crippen LogP contribution in [0.4, 0.5) is 11.4 Å². The van der Waals surface area contributed by atoms with Crippen molar-refractivity contribution in [3.8, 4) is 5.75 Å². The molecule has 2 aromatic rings. The summed E-state index contributed by atoms with van der Waals surface area (Å²) in [5.41, 5.74) is 0.654. The summed E-state index contributed by atoms with van der Waals surface area (Å²) in [6.07, 6.45) is 1.62. The maximum Gasteiger partial charge on any atom is 0.262 e. The zero-order chi connectivity index (χ0) is 21.4. The second-order valence-electron chi connectivity index (χ2n) is 7.57. The molecule has 0 atom stereocenters. The molecule has 0 unspecified atom stereocenters. The first kappa shape index (κ1) is 21.2. The quantitative estimate of drug-likeness (QED) is 0.708. The Labute approximate surface area is 176 Å². The van der Waals surface area contributed by atoms with E-state index in [1.165, 1.54) is 6.07 Å². The van der Waals surface area contributed by atoms with E-state index in [9.17, 15) is 13.2 Å². The number of carbonyl (C=O) groups is 1. The minimum absolute atomic E-state index is 0.0938. The van der Waals surface area contributed by atoms with Crippen LogP contribution in [0.15, 0.2) is 53.9 Å². The zero-order valence-corrected chi connectivity index (χ0v) is 18.1. The second-order valence-corrected chi connectivity index (χ2v) is 9.66. The Kier molecular flexibility index (Phi) is 5.65. The van der Waals surface area contributed by atoms with Crippen LogP contribution in [0.2, 0.25) is 5.02 Å². The lowest BCUT2D eigenvalue weighted by Crippen LogP contribution is -2.42. The third kappa shape index (κ3) is 4.26. The van der Waals surface area contributed by atoms with Crippen molar-refractivity contribution in [2.75, 3.05) is 22.8 Å². The number of hydrogen-bond donors (Lipinski definition) is 1. The first-order valence-electron chi connectivity index (χ1n) is 9.04. The van der Waals surface area contributed by atoms with Gasteiger partial charge in [-0.2, -0.15) is 0 Å². The molecule has 29 heavy (non-hydrogen) atoms. The summed E-state index contributed by atoms with van der Waals surface area (Å²) in [4.78, 5) is 14.6. The third-order valence-electron chi connectivity index (χ3n) is 4.67. The highest BCUT2D eigenvalue weighted by atomic mass is 35.5. The molecule has 0 saturated carbocycles. The molecule has 0 saturated heterocycles. The van der Waals surface area contributed by atoms with E-state index in [-0.39, 0.29) is 24.0 Å². The third-order valence-corrected chi connectivity index (χ3v) is 6.42. The van der Waals surface area contributed by atoms with E-state index in [0.717, 1.165) is 0 Å². The number of anilines is 2. The van der Waals surface area contributed by atoms with E-state index in [1.807, 2.05) is 13.8 Å². The van der Waals surface area contributed by atoms with Gasteiger partial charge in [-0.05, 0) is 56.7 Å². The fourth-order valence-corrected chi connectivity index (χ4v) is 4.65. The molecule has 1 aliphatic rings. The highest BCUT2D eigenvalue weighted by Gasteiger charge is 2.37. The van der Waals surface area contributed by atoms with E-state index in [2.05, 4.69) is 11.3 Å². The van der Waals surface area contributed by atoms with Crippen LogP contribution in [0, 0.1) is 12.3 Å². The molecule has 0 bridgehead atoms. The lowest BCUT2D eigenvalue weighted by molar-refractivity contribution is -0.127. The van der Waals surface area contributed by atoms with Gasteiger partial charge in [0, 0.05) is 11.6 Å². The number of benzene rings is 2. The van der Waals surface area contributed by atoms with Crippen LogP contribution in [0.3, 0.4) is 0 Å². The molecule has 1 heterocycles. The van der Waals surface area contributed by atoms with Crippen molar-refractivity contribution < 1.29 is 17.9 Å². The first-order valence-corrected chi connectivity index (χ1v) is 10.9. The number of amides is 1. The van der Waals surface area contributed by atoms with Crippen molar-refractivity contribution in [3.63, 3.8) is 0 Å². The Balaban J connectivity index is 2.02. The van der Waals surface area contributed by atoms with Gasteiger partial charge in [0.15, 0.2) is 0 Å². The summed E-state index contributed by atoms with van der Waals surface area (Å²) in [7, 11) is -3.87. The van der Waals surface area contributed by atoms with Gasteiger partial charge in [-0.3, -0.25) is 9.52 Å². The van der Waals surface area contributed by atoms with Crippen molar-refractivity contribution >= 4 is 38.9 Å². The molecule has 2 aromatic carbocycles. The number of nitrogens with one attached hydrogen (secondary N) is 1. The van der Waals surface area contributed by atoms with Gasteiger partial charge in [0.05, 0.1) is 21.7 Å². The minimum Gasteiger partial charge on any atom is -0.490 e. The topological polar surface area (TPSA) is 75.7 Å². The van der Waals surface area contributed by atoms with Crippen LogP contribution in [0.5, 0.6) is 5.75 Å². The number of aryl methyl sites for hydroxylation is 1. The van der Waals surface area contributed by atoms with Crippen LogP contribution in [0.1, 0.15) is 19.4 Å². The maximum absolute atomic E-state index is 13.0. The van der Waals surface area contributed by atoms with Gasteiger partial charge in [0.2, 0.25) is 5.91 Å². The predicted octanol–water partition coefficient (Wildman–Crippen LogP) is 4.39. The van der Waals surface area contributed by atoms with Crippen molar-refractivity contribution in [3.05, 3.63) is 59.6 Å².